The highest BCUT2D eigenvalue weighted by Gasteiger charge is 2.60. The highest BCUT2D eigenvalue weighted by atomic mass is 16.5. The summed E-state index contributed by atoms with van der Waals surface area (Å²) in [6, 6.07) is 0. The monoisotopic (exact) mass is 316 g/mol. The van der Waals surface area contributed by atoms with E-state index in [4.69, 9.17) is 4.74 Å². The first-order valence-corrected chi connectivity index (χ1v) is 9.21. The van der Waals surface area contributed by atoms with Crippen molar-refractivity contribution in [3.05, 3.63) is 11.6 Å². The molecule has 4 aliphatic rings. The van der Waals surface area contributed by atoms with Crippen LogP contribution in [0, 0.1) is 28.6 Å². The van der Waals surface area contributed by atoms with Gasteiger partial charge in [0.2, 0.25) is 0 Å². The van der Waals surface area contributed by atoms with Crippen LogP contribution >= 0.6 is 0 Å². The van der Waals surface area contributed by atoms with E-state index in [2.05, 4.69) is 13.8 Å². The second kappa shape index (κ2) is 5.02. The average Bonchev–Trinajstić information content (AvgIpc) is 2.83. The fourth-order valence-electron chi connectivity index (χ4n) is 6.57. The Kier molecular flexibility index (Phi) is 3.39. The minimum Gasteiger partial charge on any atom is -0.377 e. The summed E-state index contributed by atoms with van der Waals surface area (Å²) in [5.41, 5.74) is 1.23. The second-order valence-electron chi connectivity index (χ2n) is 8.74. The van der Waals surface area contributed by atoms with Crippen LogP contribution < -0.4 is 0 Å². The Labute approximate surface area is 138 Å². The van der Waals surface area contributed by atoms with Crippen LogP contribution in [0.1, 0.15) is 58.8 Å². The maximum atomic E-state index is 12.5. The Bertz CT molecular complexity index is 592. The summed E-state index contributed by atoms with van der Waals surface area (Å²) < 4.78 is 5.83. The van der Waals surface area contributed by atoms with Gasteiger partial charge in [0.05, 0.1) is 6.10 Å². The number of ether oxygens (including phenoxy) is 1. The maximum absolute atomic E-state index is 12.5. The van der Waals surface area contributed by atoms with Gasteiger partial charge in [0, 0.05) is 25.4 Å². The van der Waals surface area contributed by atoms with Crippen molar-refractivity contribution in [2.45, 2.75) is 64.9 Å². The van der Waals surface area contributed by atoms with E-state index >= 15 is 0 Å². The highest BCUT2D eigenvalue weighted by Crippen LogP contribution is 2.64. The van der Waals surface area contributed by atoms with Crippen LogP contribution in [-0.4, -0.2) is 24.8 Å². The van der Waals surface area contributed by atoms with Gasteiger partial charge in [-0.2, -0.15) is 0 Å². The minimum absolute atomic E-state index is 0.0588. The molecule has 0 bridgehead atoms. The SMILES string of the molecule is CO[C@@H]1C[C@@H]2[C@H](CC[C@]3(C)C(=O)CC[C@@H]23)[C@@]2(C)CCC(=O)C=C12. The number of hydrogen-bond acceptors (Lipinski definition) is 3. The summed E-state index contributed by atoms with van der Waals surface area (Å²) in [5, 5.41) is 0. The lowest BCUT2D eigenvalue weighted by Gasteiger charge is -2.58. The molecule has 126 valence electrons. The third-order valence-corrected chi connectivity index (χ3v) is 7.95. The van der Waals surface area contributed by atoms with Crippen molar-refractivity contribution in [3.8, 4) is 0 Å². The zero-order valence-electron chi connectivity index (χ0n) is 14.6. The maximum Gasteiger partial charge on any atom is 0.155 e. The molecule has 23 heavy (non-hydrogen) atoms. The zero-order chi connectivity index (χ0) is 16.4. The molecule has 3 fully saturated rings. The molecular weight excluding hydrogens is 288 g/mol. The normalized spacial score (nSPS) is 49.3. The standard InChI is InChI=1S/C20H28O3/c1-19-8-6-12(21)10-16(19)17(23-3)11-13-14-4-5-18(22)20(14,2)9-7-15(13)19/h10,13-15,17H,4-9,11H2,1-3H3/t13-,14-,15-,17+,19+,20-/m0/s1. The molecule has 0 aromatic rings. The van der Waals surface area contributed by atoms with Crippen molar-refractivity contribution < 1.29 is 14.3 Å². The Morgan fingerprint density at radius 1 is 1.04 bits per heavy atom. The number of carbonyl (C=O) groups excluding carboxylic acids is 2. The van der Waals surface area contributed by atoms with E-state index in [1.807, 2.05) is 6.08 Å². The Morgan fingerprint density at radius 3 is 2.52 bits per heavy atom. The fourth-order valence-corrected chi connectivity index (χ4v) is 6.57. The van der Waals surface area contributed by atoms with Gasteiger partial charge in [-0.25, -0.2) is 0 Å². The summed E-state index contributed by atoms with van der Waals surface area (Å²) in [6.45, 7) is 4.57. The lowest BCUT2D eigenvalue weighted by molar-refractivity contribution is -0.135. The molecule has 0 aromatic heterocycles. The van der Waals surface area contributed by atoms with Gasteiger partial charge < -0.3 is 4.74 Å². The molecule has 0 aromatic carbocycles. The topological polar surface area (TPSA) is 43.4 Å². The number of methoxy groups -OCH3 is 1. The molecule has 0 aliphatic heterocycles. The van der Waals surface area contributed by atoms with Crippen molar-refractivity contribution in [2.75, 3.05) is 7.11 Å². The molecule has 3 saturated carbocycles. The largest absolute Gasteiger partial charge is 0.377 e. The van der Waals surface area contributed by atoms with Gasteiger partial charge in [-0.05, 0) is 66.9 Å². The number of ketones is 2. The van der Waals surface area contributed by atoms with Crippen LogP contribution in [-0.2, 0) is 14.3 Å². The summed E-state index contributed by atoms with van der Waals surface area (Å²) >= 11 is 0. The van der Waals surface area contributed by atoms with E-state index in [0.717, 1.165) is 38.5 Å². The van der Waals surface area contributed by atoms with E-state index in [9.17, 15) is 9.59 Å². The van der Waals surface area contributed by atoms with Crippen molar-refractivity contribution in [3.63, 3.8) is 0 Å². The summed E-state index contributed by atoms with van der Waals surface area (Å²) in [5.74, 6) is 2.44. The molecule has 6 atom stereocenters. The van der Waals surface area contributed by atoms with E-state index < -0.39 is 0 Å². The first-order valence-electron chi connectivity index (χ1n) is 9.21. The molecule has 0 spiro atoms. The van der Waals surface area contributed by atoms with Gasteiger partial charge in [-0.3, -0.25) is 9.59 Å². The van der Waals surface area contributed by atoms with Crippen LogP contribution in [0.4, 0.5) is 0 Å². The molecular formula is C20H28O3. The van der Waals surface area contributed by atoms with Crippen molar-refractivity contribution in [1.29, 1.82) is 0 Å². The summed E-state index contributed by atoms with van der Waals surface area (Å²) in [7, 11) is 1.77. The molecule has 0 N–H and O–H groups in total. The number of carbonyl (C=O) groups is 2. The van der Waals surface area contributed by atoms with Crippen molar-refractivity contribution >= 4 is 11.6 Å². The van der Waals surface area contributed by atoms with Crippen molar-refractivity contribution in [2.24, 2.45) is 28.6 Å². The summed E-state index contributed by atoms with van der Waals surface area (Å²) in [4.78, 5) is 24.5. The third-order valence-electron chi connectivity index (χ3n) is 7.95. The molecule has 0 amide bonds. The minimum atomic E-state index is -0.0957. The number of fused-ring (bicyclic) bond motifs is 5. The van der Waals surface area contributed by atoms with Gasteiger partial charge in [0.25, 0.3) is 0 Å². The lowest BCUT2D eigenvalue weighted by Crippen LogP contribution is -2.54. The Balaban J connectivity index is 1.75. The number of rotatable bonds is 1. The Hall–Kier alpha value is -0.960. The van der Waals surface area contributed by atoms with Crippen LogP contribution in [0.3, 0.4) is 0 Å². The third kappa shape index (κ3) is 1.98. The molecule has 0 heterocycles. The Morgan fingerprint density at radius 2 is 1.78 bits per heavy atom. The predicted molar refractivity (Wildman–Crippen MR) is 87.9 cm³/mol. The zero-order valence-corrected chi connectivity index (χ0v) is 14.6. The van der Waals surface area contributed by atoms with Crippen LogP contribution in [0.15, 0.2) is 11.6 Å². The quantitative estimate of drug-likeness (QED) is 0.740. The van der Waals surface area contributed by atoms with Crippen LogP contribution in [0.2, 0.25) is 0 Å². The van der Waals surface area contributed by atoms with Crippen LogP contribution in [0.25, 0.3) is 0 Å². The smallest absolute Gasteiger partial charge is 0.155 e. The molecule has 0 saturated heterocycles. The van der Waals surface area contributed by atoms with E-state index in [0.29, 0.717) is 30.0 Å². The predicted octanol–water partition coefficient (Wildman–Crippen LogP) is 3.71. The van der Waals surface area contributed by atoms with E-state index in [1.54, 1.807) is 7.11 Å². The molecule has 3 heteroatoms. The van der Waals surface area contributed by atoms with E-state index in [1.165, 1.54) is 5.57 Å². The van der Waals surface area contributed by atoms with E-state index in [-0.39, 0.29) is 22.7 Å². The van der Waals surface area contributed by atoms with Gasteiger partial charge in [-0.15, -0.1) is 0 Å². The molecule has 0 unspecified atom stereocenters. The number of hydrogen-bond donors (Lipinski definition) is 0. The van der Waals surface area contributed by atoms with Gasteiger partial charge >= 0.3 is 0 Å². The first kappa shape index (κ1) is 15.6. The van der Waals surface area contributed by atoms with Gasteiger partial charge in [0.15, 0.2) is 5.78 Å². The molecule has 4 rings (SSSR count). The fraction of sp³-hybridized carbons (Fsp3) is 0.800. The van der Waals surface area contributed by atoms with Crippen molar-refractivity contribution in [1.82, 2.24) is 0 Å². The highest BCUT2D eigenvalue weighted by molar-refractivity contribution is 5.92. The van der Waals surface area contributed by atoms with Gasteiger partial charge in [-0.1, -0.05) is 13.8 Å². The van der Waals surface area contributed by atoms with Gasteiger partial charge in [0.1, 0.15) is 5.78 Å². The number of Topliss-reactive ketones (excluding diaryl/α,β-unsaturated/α-hetero) is 1. The molecule has 0 radical (unpaired) electrons. The molecule has 4 aliphatic carbocycles. The first-order chi connectivity index (χ1) is 10.9. The average molecular weight is 316 g/mol. The van der Waals surface area contributed by atoms with Crippen LogP contribution in [0.5, 0.6) is 0 Å². The summed E-state index contributed by atoms with van der Waals surface area (Å²) in [6.07, 6.45) is 8.54. The molecule has 3 nitrogen and oxygen atoms in total. The lowest BCUT2D eigenvalue weighted by atomic mass is 9.47. The second-order valence-corrected chi connectivity index (χ2v) is 8.74.